The lowest BCUT2D eigenvalue weighted by Crippen LogP contribution is -2.36. The molecule has 0 saturated heterocycles. The number of anilines is 1. The lowest BCUT2D eigenvalue weighted by Gasteiger charge is -2.17. The van der Waals surface area contributed by atoms with Crippen molar-refractivity contribution in [3.63, 3.8) is 0 Å². The lowest BCUT2D eigenvalue weighted by atomic mass is 10.0. The van der Waals surface area contributed by atoms with Crippen LogP contribution in [-0.2, 0) is 14.4 Å². The zero-order valence-corrected chi connectivity index (χ0v) is 16.0. The first kappa shape index (κ1) is 19.1. The highest BCUT2D eigenvalue weighted by Crippen LogP contribution is 2.30. The van der Waals surface area contributed by atoms with E-state index in [2.05, 4.69) is 15.8 Å². The average molecular weight is 395 g/mol. The zero-order valence-electron chi connectivity index (χ0n) is 16.0. The van der Waals surface area contributed by atoms with Crippen LogP contribution in [0, 0.1) is 11.7 Å². The molecule has 29 heavy (non-hydrogen) atoms. The van der Waals surface area contributed by atoms with Crippen LogP contribution in [0.1, 0.15) is 43.4 Å². The molecule has 2 unspecified atom stereocenters. The summed E-state index contributed by atoms with van der Waals surface area (Å²) >= 11 is 0. The lowest BCUT2D eigenvalue weighted by molar-refractivity contribution is -0.131. The van der Waals surface area contributed by atoms with Gasteiger partial charge in [0, 0.05) is 23.6 Å². The van der Waals surface area contributed by atoms with Gasteiger partial charge in [-0.3, -0.25) is 9.59 Å². The largest absolute Gasteiger partial charge is 0.382 e. The van der Waals surface area contributed by atoms with Crippen molar-refractivity contribution in [1.29, 1.82) is 0 Å². The van der Waals surface area contributed by atoms with Crippen LogP contribution in [0.3, 0.4) is 0 Å². The predicted octanol–water partition coefficient (Wildman–Crippen LogP) is 3.54. The number of benzene rings is 2. The number of rotatable bonds is 6. The van der Waals surface area contributed by atoms with E-state index in [1.54, 1.807) is 12.1 Å². The van der Waals surface area contributed by atoms with E-state index in [-0.39, 0.29) is 36.0 Å². The van der Waals surface area contributed by atoms with Gasteiger partial charge in [0.15, 0.2) is 0 Å². The van der Waals surface area contributed by atoms with Crippen LogP contribution in [-0.4, -0.2) is 23.6 Å². The molecule has 1 aliphatic carbocycles. The van der Waals surface area contributed by atoms with E-state index in [4.69, 9.17) is 4.84 Å². The molecule has 0 radical (unpaired) electrons. The summed E-state index contributed by atoms with van der Waals surface area (Å²) in [5, 5.41) is 9.74. The number of amides is 2. The average Bonchev–Trinajstić information content (AvgIpc) is 3.45. The van der Waals surface area contributed by atoms with E-state index in [0.29, 0.717) is 11.3 Å². The van der Waals surface area contributed by atoms with E-state index >= 15 is 0 Å². The van der Waals surface area contributed by atoms with Gasteiger partial charge < -0.3 is 15.5 Å². The highest BCUT2D eigenvalue weighted by atomic mass is 19.1. The maximum Gasteiger partial charge on any atom is 0.264 e. The number of halogens is 1. The highest BCUT2D eigenvalue weighted by Gasteiger charge is 2.30. The Morgan fingerprint density at radius 1 is 1.14 bits per heavy atom. The van der Waals surface area contributed by atoms with Gasteiger partial charge >= 0.3 is 0 Å². The summed E-state index contributed by atoms with van der Waals surface area (Å²) in [5.41, 5.74) is 2.81. The van der Waals surface area contributed by atoms with Gasteiger partial charge in [-0.2, -0.15) is 0 Å². The standard InChI is InChI=1S/C22H22FN3O3/c1-13(14-7-9-18(10-8-14)25-21(27)15-5-6-15)24-22(28)20-12-19(26-29-20)16-3-2-4-17(23)11-16/h2-4,7-11,13,15,20H,5-6,12H2,1H3,(H,24,28)(H,25,27). The second-order valence-electron chi connectivity index (χ2n) is 7.46. The second kappa shape index (κ2) is 8.03. The molecule has 2 aliphatic rings. The Balaban J connectivity index is 1.31. The zero-order chi connectivity index (χ0) is 20.4. The van der Waals surface area contributed by atoms with Crippen molar-refractivity contribution in [3.05, 3.63) is 65.5 Å². The fraction of sp³-hybridized carbons (Fsp3) is 0.318. The van der Waals surface area contributed by atoms with E-state index < -0.39 is 6.10 Å². The minimum Gasteiger partial charge on any atom is -0.382 e. The molecule has 2 aromatic carbocycles. The fourth-order valence-electron chi connectivity index (χ4n) is 3.19. The van der Waals surface area contributed by atoms with Gasteiger partial charge in [0.05, 0.1) is 11.8 Å². The number of carbonyl (C=O) groups excluding carboxylic acids is 2. The number of nitrogens with one attached hydrogen (secondary N) is 2. The molecule has 7 heteroatoms. The third-order valence-electron chi connectivity index (χ3n) is 5.10. The minimum absolute atomic E-state index is 0.0617. The van der Waals surface area contributed by atoms with Crippen LogP contribution < -0.4 is 10.6 Å². The summed E-state index contributed by atoms with van der Waals surface area (Å²) in [6.45, 7) is 1.87. The second-order valence-corrected chi connectivity index (χ2v) is 7.46. The van der Waals surface area contributed by atoms with Crippen LogP contribution >= 0.6 is 0 Å². The SMILES string of the molecule is CC(NC(=O)C1CC(c2cccc(F)c2)=NO1)c1ccc(NC(=O)C2CC2)cc1. The molecule has 6 nitrogen and oxygen atoms in total. The Hall–Kier alpha value is -3.22. The Bertz CT molecular complexity index is 954. The quantitative estimate of drug-likeness (QED) is 0.785. The van der Waals surface area contributed by atoms with E-state index in [1.165, 1.54) is 12.1 Å². The van der Waals surface area contributed by atoms with E-state index in [0.717, 1.165) is 24.1 Å². The summed E-state index contributed by atoms with van der Waals surface area (Å²) in [5.74, 6) is -0.423. The van der Waals surface area contributed by atoms with Crippen molar-refractivity contribution >= 4 is 23.2 Å². The molecule has 1 fully saturated rings. The molecule has 2 atom stereocenters. The highest BCUT2D eigenvalue weighted by molar-refractivity contribution is 6.04. The third-order valence-corrected chi connectivity index (χ3v) is 5.10. The Kier molecular flexibility index (Phi) is 5.29. The summed E-state index contributed by atoms with van der Waals surface area (Å²) in [7, 11) is 0. The maximum atomic E-state index is 13.4. The molecule has 0 spiro atoms. The first-order chi connectivity index (χ1) is 14.0. The van der Waals surface area contributed by atoms with Crippen molar-refractivity contribution in [3.8, 4) is 0 Å². The fourth-order valence-corrected chi connectivity index (χ4v) is 3.19. The van der Waals surface area contributed by atoms with E-state index in [1.807, 2.05) is 31.2 Å². The van der Waals surface area contributed by atoms with Gasteiger partial charge in [-0.15, -0.1) is 0 Å². The molecule has 0 aromatic heterocycles. The molecule has 1 saturated carbocycles. The summed E-state index contributed by atoms with van der Waals surface area (Å²) in [6, 6.07) is 13.2. The first-order valence-electron chi connectivity index (χ1n) is 9.69. The van der Waals surface area contributed by atoms with Gasteiger partial charge in [0.25, 0.3) is 5.91 Å². The number of carbonyl (C=O) groups is 2. The number of hydrogen-bond acceptors (Lipinski definition) is 4. The third kappa shape index (κ3) is 4.62. The van der Waals surface area contributed by atoms with Crippen molar-refractivity contribution < 1.29 is 18.8 Å². The van der Waals surface area contributed by atoms with Crippen molar-refractivity contribution in [2.45, 2.75) is 38.3 Å². The molecular weight excluding hydrogens is 373 g/mol. The van der Waals surface area contributed by atoms with Gasteiger partial charge in [-0.05, 0) is 49.6 Å². The summed E-state index contributed by atoms with van der Waals surface area (Å²) in [4.78, 5) is 29.6. The predicted molar refractivity (Wildman–Crippen MR) is 107 cm³/mol. The van der Waals surface area contributed by atoms with Crippen molar-refractivity contribution in [1.82, 2.24) is 5.32 Å². The number of hydrogen-bond donors (Lipinski definition) is 2. The monoisotopic (exact) mass is 395 g/mol. The summed E-state index contributed by atoms with van der Waals surface area (Å²) in [6.07, 6.45) is 1.46. The van der Waals surface area contributed by atoms with Crippen LogP contribution in [0.5, 0.6) is 0 Å². The van der Waals surface area contributed by atoms with Gasteiger partial charge in [0.2, 0.25) is 12.0 Å². The molecule has 4 rings (SSSR count). The molecule has 2 aromatic rings. The molecule has 1 aliphatic heterocycles. The Labute approximate surface area is 168 Å². The molecule has 0 bridgehead atoms. The maximum absolute atomic E-state index is 13.4. The number of oxime groups is 1. The molecular formula is C22H22FN3O3. The smallest absolute Gasteiger partial charge is 0.264 e. The van der Waals surface area contributed by atoms with Crippen LogP contribution in [0.25, 0.3) is 0 Å². The minimum atomic E-state index is -0.743. The normalized spacial score (nSPS) is 19.1. The number of nitrogens with zero attached hydrogens (tertiary/aromatic N) is 1. The topological polar surface area (TPSA) is 79.8 Å². The van der Waals surface area contributed by atoms with Crippen molar-refractivity contribution in [2.24, 2.45) is 11.1 Å². The van der Waals surface area contributed by atoms with Gasteiger partial charge in [-0.1, -0.05) is 29.4 Å². The van der Waals surface area contributed by atoms with Crippen molar-refractivity contribution in [2.75, 3.05) is 5.32 Å². The molecule has 150 valence electrons. The summed E-state index contributed by atoms with van der Waals surface area (Å²) < 4.78 is 13.4. The van der Waals surface area contributed by atoms with Crippen LogP contribution in [0.2, 0.25) is 0 Å². The molecule has 1 heterocycles. The van der Waals surface area contributed by atoms with E-state index in [9.17, 15) is 14.0 Å². The Morgan fingerprint density at radius 3 is 2.59 bits per heavy atom. The molecule has 2 amide bonds. The molecule has 2 N–H and O–H groups in total. The van der Waals surface area contributed by atoms with Crippen LogP contribution in [0.15, 0.2) is 53.7 Å². The van der Waals surface area contributed by atoms with Gasteiger partial charge in [-0.25, -0.2) is 4.39 Å². The van der Waals surface area contributed by atoms with Gasteiger partial charge in [0.1, 0.15) is 5.82 Å². The Morgan fingerprint density at radius 2 is 1.90 bits per heavy atom. The van der Waals surface area contributed by atoms with Crippen LogP contribution in [0.4, 0.5) is 10.1 Å². The first-order valence-corrected chi connectivity index (χ1v) is 9.69.